The molecule has 6 rings (SSSR count). The van der Waals surface area contributed by atoms with E-state index in [1.54, 1.807) is 0 Å². The van der Waals surface area contributed by atoms with Crippen molar-refractivity contribution in [1.82, 2.24) is 5.32 Å². The van der Waals surface area contributed by atoms with E-state index in [0.717, 1.165) is 96.4 Å². The number of carbonyl (C=O) groups excluding carboxylic acids is 5. The number of ether oxygens (including phenoxy) is 4. The summed E-state index contributed by atoms with van der Waals surface area (Å²) in [5.41, 5.74) is 12.5. The third-order valence-electron chi connectivity index (χ3n) is 26.9. The van der Waals surface area contributed by atoms with E-state index in [1.807, 2.05) is 0 Å². The lowest BCUT2D eigenvalue weighted by Crippen LogP contribution is -2.31. The molecule has 0 radical (unpaired) electrons. The minimum Gasteiger partial charge on any atom is -0.756 e. The summed E-state index contributed by atoms with van der Waals surface area (Å²) in [5.74, 6) is -1.96. The maximum atomic E-state index is 13.0. The molecular weight excluding hydrogens is 1760 g/mol. The van der Waals surface area contributed by atoms with Crippen LogP contribution in [0.4, 0.5) is 11.4 Å². The predicted molar refractivity (Wildman–Crippen MR) is 561 cm³/mol. The molecule has 4 aromatic rings. The molecule has 4 atom stereocenters. The highest BCUT2D eigenvalue weighted by Gasteiger charge is 2.45. The zero-order valence-corrected chi connectivity index (χ0v) is 88.9. The number of phosphoric acid groups is 2. The molecule has 0 fully saturated rings. The number of hydrogen-bond acceptors (Lipinski definition) is 19. The number of phosphoric ester groups is 2. The molecule has 4 aromatic carbocycles. The fourth-order valence-corrected chi connectivity index (χ4v) is 20.5. The Labute approximate surface area is 829 Å². The van der Waals surface area contributed by atoms with Crippen LogP contribution in [0.2, 0.25) is 0 Å². The van der Waals surface area contributed by atoms with Gasteiger partial charge >= 0.3 is 23.9 Å². The number of nitrogens with one attached hydrogen (secondary N) is 1. The second-order valence-corrected chi connectivity index (χ2v) is 42.5. The monoisotopic (exact) mass is 1950 g/mol. The summed E-state index contributed by atoms with van der Waals surface area (Å²) in [6.07, 6.45) is 74.8. The standard InChI is InChI=1S/C77H114N3O9P.C37H74NO8P/c1-8-10-12-14-16-18-20-22-24-26-28-30-37-51-72(82)86-60-64(89-73(83)52-38-31-29-27-25-23-21-19-17-15-13-11-9-2)61-88-90(84,85)87-59-57-78-71(81)50-36-33-43-58-80-68-56-54-63-45-40-42-47-66(63)75(68)77(5,6)70(80)49-35-32-34-48-69-76(3,4)74-65-46-41-39-44-62(65)53-55-67(74)79(69)7;1-3-5-7-9-11-13-15-17-19-21-23-25-27-29-36(39)43-33-35(34-45-47(41,42)44-32-31-38)46-37(40)30-28-26-24-22-20-18-16-14-12-10-8-6-4-2/h32,34-35,39-42,44-49,53-56,64H,8-31,33,36-38,43,50-52,57-61H2,1-7H3,(H-,78,81,84,85);35H,3-34,38H2,1-2H3,(H,41,42)/p-1/t64-;35-/m11/s1. The van der Waals surface area contributed by atoms with Crippen molar-refractivity contribution >= 4 is 84.1 Å². The number of allylic oxidation sites excluding steroid dienone is 6. The van der Waals surface area contributed by atoms with Crippen molar-refractivity contribution in [3.63, 3.8) is 0 Å². The van der Waals surface area contributed by atoms with Gasteiger partial charge in [0.25, 0.3) is 15.6 Å². The van der Waals surface area contributed by atoms with E-state index < -0.39 is 64.9 Å². The maximum absolute atomic E-state index is 13.0. The number of esters is 4. The van der Waals surface area contributed by atoms with Crippen LogP contribution >= 0.6 is 15.6 Å². The fourth-order valence-electron chi connectivity index (χ4n) is 19.0. The number of fused-ring (bicyclic) bond motifs is 6. The lowest BCUT2D eigenvalue weighted by atomic mass is 9.79. The van der Waals surface area contributed by atoms with Gasteiger partial charge in [-0.25, -0.2) is 0 Å². The van der Waals surface area contributed by atoms with Crippen molar-refractivity contribution in [2.24, 2.45) is 5.73 Å². The molecule has 1 amide bonds. The Kier molecular flexibility index (Phi) is 65.9. The second kappa shape index (κ2) is 74.5. The third kappa shape index (κ3) is 52.5. The van der Waals surface area contributed by atoms with E-state index in [1.165, 1.54) is 293 Å². The Bertz CT molecular complexity index is 4180. The Morgan fingerprint density at radius 2 is 0.737 bits per heavy atom. The summed E-state index contributed by atoms with van der Waals surface area (Å²) in [5, 5.41) is 7.80. The first kappa shape index (κ1) is 121. The van der Waals surface area contributed by atoms with E-state index in [2.05, 4.69) is 185 Å². The molecule has 21 nitrogen and oxygen atoms in total. The van der Waals surface area contributed by atoms with Gasteiger partial charge in [-0.15, -0.1) is 0 Å². The molecular formula is C114H187N4O17P2-. The van der Waals surface area contributed by atoms with Gasteiger partial charge in [-0.1, -0.05) is 429 Å². The molecule has 2 heterocycles. The van der Waals surface area contributed by atoms with E-state index >= 15 is 0 Å². The van der Waals surface area contributed by atoms with Crippen LogP contribution in [0.1, 0.15) is 452 Å². The third-order valence-corrected chi connectivity index (χ3v) is 28.9. The van der Waals surface area contributed by atoms with Crippen molar-refractivity contribution in [2.45, 2.75) is 464 Å². The van der Waals surface area contributed by atoms with E-state index in [0.29, 0.717) is 25.7 Å². The van der Waals surface area contributed by atoms with Gasteiger partial charge in [0, 0.05) is 86.2 Å². The maximum Gasteiger partial charge on any atom is 0.306 e. The Hall–Kier alpha value is -6.38. The van der Waals surface area contributed by atoms with Crippen molar-refractivity contribution in [3.8, 4) is 0 Å². The number of carbonyl (C=O) groups is 5. The van der Waals surface area contributed by atoms with Gasteiger partial charge in [0.15, 0.2) is 17.9 Å². The molecule has 0 spiro atoms. The average Bonchev–Trinajstić information content (AvgIpc) is 1.58. The number of rotatable bonds is 84. The predicted octanol–water partition coefficient (Wildman–Crippen LogP) is 29.3. The molecule has 137 heavy (non-hydrogen) atoms. The van der Waals surface area contributed by atoms with Gasteiger partial charge in [-0.2, -0.15) is 4.58 Å². The van der Waals surface area contributed by atoms with Gasteiger partial charge in [0.2, 0.25) is 11.6 Å². The zero-order valence-electron chi connectivity index (χ0n) is 87.1. The largest absolute Gasteiger partial charge is 0.756 e. The van der Waals surface area contributed by atoms with Crippen molar-refractivity contribution in [3.05, 3.63) is 120 Å². The van der Waals surface area contributed by atoms with Crippen LogP contribution in [0.3, 0.4) is 0 Å². The van der Waals surface area contributed by atoms with Crippen LogP contribution in [0.25, 0.3) is 21.5 Å². The molecule has 0 aliphatic carbocycles. The Morgan fingerprint density at radius 1 is 0.394 bits per heavy atom. The molecule has 0 saturated carbocycles. The van der Waals surface area contributed by atoms with Crippen LogP contribution in [-0.2, 0) is 81.0 Å². The molecule has 0 saturated heterocycles. The van der Waals surface area contributed by atoms with Crippen molar-refractivity contribution in [2.75, 3.05) is 71.2 Å². The average molecular weight is 1950 g/mol. The lowest BCUT2D eigenvalue weighted by Gasteiger charge is -2.27. The lowest BCUT2D eigenvalue weighted by molar-refractivity contribution is -0.401. The first-order valence-electron chi connectivity index (χ1n) is 54.8. The minimum absolute atomic E-state index is 0.0178. The number of anilines is 1. The number of hydrogen-bond donors (Lipinski definition) is 2. The molecule has 2 aliphatic heterocycles. The van der Waals surface area contributed by atoms with E-state index in [4.69, 9.17) is 38.3 Å². The molecule has 2 aliphatic rings. The molecule has 0 bridgehead atoms. The summed E-state index contributed by atoms with van der Waals surface area (Å²) in [4.78, 5) is 91.0. The van der Waals surface area contributed by atoms with Gasteiger partial charge < -0.3 is 62.8 Å². The van der Waals surface area contributed by atoms with Crippen LogP contribution in [0.15, 0.2) is 109 Å². The highest BCUT2D eigenvalue weighted by molar-refractivity contribution is 7.46. The molecule has 776 valence electrons. The van der Waals surface area contributed by atoms with Crippen molar-refractivity contribution in [1.29, 1.82) is 0 Å². The fraction of sp³-hybridized carbons (Fsp3) is 0.719. The van der Waals surface area contributed by atoms with Gasteiger partial charge in [-0.05, 0) is 97.7 Å². The van der Waals surface area contributed by atoms with Crippen LogP contribution in [0, 0.1) is 0 Å². The van der Waals surface area contributed by atoms with E-state index in [9.17, 15) is 42.9 Å². The number of amides is 1. The highest BCUT2D eigenvalue weighted by atomic mass is 31.2. The number of nitrogens with zero attached hydrogens (tertiary/aromatic N) is 2. The number of benzene rings is 4. The number of nitrogens with two attached hydrogens (primary N) is 1. The SMILES string of the molecule is CCCCCCCCCCCCCCCC(=O)OC[C@H](COP(=O)([O-])OCCN)OC(=O)CCCCCCCCCCCCCCC.CCCCCCCCCCCCCCCC(=O)OC[C@H](COP(=O)([O-])OCCNC(=O)CCCCCN1C(=CC=CC=CC2=[N+](C)c3ccc4ccccc4c3C2(C)C)C(C)(C)c2c1ccc1ccccc21)OC(=O)CCCCCCCCCCCCCCC. The van der Waals surface area contributed by atoms with Crippen LogP contribution < -0.4 is 25.7 Å². The second-order valence-electron chi connectivity index (χ2n) is 39.7. The molecule has 2 unspecified atom stereocenters. The summed E-state index contributed by atoms with van der Waals surface area (Å²) in [7, 11) is -7.33. The minimum atomic E-state index is -4.88. The highest BCUT2D eigenvalue weighted by Crippen LogP contribution is 2.51. The van der Waals surface area contributed by atoms with Gasteiger partial charge in [0.1, 0.15) is 20.3 Å². The normalized spacial score (nSPS) is 14.9. The summed E-state index contributed by atoms with van der Waals surface area (Å²) in [6.45, 7) is 16.8. The summed E-state index contributed by atoms with van der Waals surface area (Å²) < 4.78 is 69.0. The molecule has 3 N–H and O–H groups in total. The molecule has 0 aromatic heterocycles. The smallest absolute Gasteiger partial charge is 0.306 e. The van der Waals surface area contributed by atoms with Gasteiger partial charge in [-0.3, -0.25) is 33.1 Å². The summed E-state index contributed by atoms with van der Waals surface area (Å²) in [6, 6.07) is 26.1. The van der Waals surface area contributed by atoms with Crippen LogP contribution in [-0.4, -0.2) is 119 Å². The Balaban J connectivity index is 0.000000595. The Morgan fingerprint density at radius 3 is 1.13 bits per heavy atom. The first-order chi connectivity index (χ1) is 66.4. The number of unbranched alkanes of at least 4 members (excludes halogenated alkanes) is 50. The topological polar surface area (TPSA) is 284 Å². The van der Waals surface area contributed by atoms with Crippen LogP contribution in [0.5, 0.6) is 0 Å². The first-order valence-corrected chi connectivity index (χ1v) is 57.7. The molecule has 23 heteroatoms. The van der Waals surface area contributed by atoms with Crippen molar-refractivity contribution < 1.29 is 84.5 Å². The zero-order chi connectivity index (χ0) is 99.1. The summed E-state index contributed by atoms with van der Waals surface area (Å²) >= 11 is 0. The van der Waals surface area contributed by atoms with Gasteiger partial charge in [0.05, 0.1) is 31.8 Å². The quantitative estimate of drug-likeness (QED) is 0.0104. The van der Waals surface area contributed by atoms with E-state index in [-0.39, 0.29) is 88.4 Å².